The SMILES string of the molecule is CCOc1ccc(C2CCCN2C(=O)CCc2cccnc2)cc1. The van der Waals surface area contributed by atoms with Gasteiger partial charge in [0.25, 0.3) is 0 Å². The Morgan fingerprint density at radius 1 is 1.29 bits per heavy atom. The first-order chi connectivity index (χ1) is 11.8. The van der Waals surface area contributed by atoms with Gasteiger partial charge in [-0.25, -0.2) is 0 Å². The molecule has 0 radical (unpaired) electrons. The maximum atomic E-state index is 12.7. The van der Waals surface area contributed by atoms with Crippen LogP contribution in [0.2, 0.25) is 0 Å². The standard InChI is InChI=1S/C20H24N2O2/c1-2-24-18-10-8-17(9-11-18)19-6-4-14-22(19)20(23)12-7-16-5-3-13-21-15-16/h3,5,8-11,13,15,19H,2,4,6-7,12,14H2,1H3. The van der Waals surface area contributed by atoms with E-state index in [-0.39, 0.29) is 11.9 Å². The Morgan fingerprint density at radius 2 is 2.12 bits per heavy atom. The van der Waals surface area contributed by atoms with Crippen molar-refractivity contribution in [3.05, 3.63) is 59.9 Å². The topological polar surface area (TPSA) is 42.4 Å². The van der Waals surface area contributed by atoms with Gasteiger partial charge in [0.2, 0.25) is 5.91 Å². The van der Waals surface area contributed by atoms with E-state index in [1.54, 1.807) is 6.20 Å². The number of carbonyl (C=O) groups is 1. The van der Waals surface area contributed by atoms with Gasteiger partial charge in [0.1, 0.15) is 5.75 Å². The van der Waals surface area contributed by atoms with Crippen molar-refractivity contribution in [1.82, 2.24) is 9.88 Å². The lowest BCUT2D eigenvalue weighted by molar-refractivity contribution is -0.132. The molecule has 0 saturated carbocycles. The average Bonchev–Trinajstić information content (AvgIpc) is 3.11. The van der Waals surface area contributed by atoms with E-state index >= 15 is 0 Å². The van der Waals surface area contributed by atoms with Crippen molar-refractivity contribution >= 4 is 5.91 Å². The monoisotopic (exact) mass is 324 g/mol. The van der Waals surface area contributed by atoms with Gasteiger partial charge in [-0.2, -0.15) is 0 Å². The van der Waals surface area contributed by atoms with Gasteiger partial charge in [0, 0.05) is 25.4 Å². The molecule has 2 aromatic rings. The van der Waals surface area contributed by atoms with Crippen LogP contribution in [0, 0.1) is 0 Å². The zero-order valence-electron chi connectivity index (χ0n) is 14.1. The highest BCUT2D eigenvalue weighted by Crippen LogP contribution is 2.33. The van der Waals surface area contributed by atoms with Gasteiger partial charge in [0.05, 0.1) is 12.6 Å². The number of aromatic nitrogens is 1. The lowest BCUT2D eigenvalue weighted by atomic mass is 10.0. The van der Waals surface area contributed by atoms with Crippen molar-refractivity contribution in [2.75, 3.05) is 13.2 Å². The highest BCUT2D eigenvalue weighted by atomic mass is 16.5. The Morgan fingerprint density at radius 3 is 2.83 bits per heavy atom. The third-order valence-electron chi connectivity index (χ3n) is 4.50. The van der Waals surface area contributed by atoms with Crippen LogP contribution in [0.3, 0.4) is 0 Å². The molecule has 1 saturated heterocycles. The number of ether oxygens (including phenoxy) is 1. The van der Waals surface area contributed by atoms with E-state index in [9.17, 15) is 4.79 Å². The molecule has 0 aliphatic carbocycles. The van der Waals surface area contributed by atoms with Gasteiger partial charge in [-0.05, 0) is 55.5 Å². The number of aryl methyl sites for hydroxylation is 1. The zero-order valence-corrected chi connectivity index (χ0v) is 14.1. The molecule has 0 N–H and O–H groups in total. The van der Waals surface area contributed by atoms with Crippen molar-refractivity contribution in [3.8, 4) is 5.75 Å². The summed E-state index contributed by atoms with van der Waals surface area (Å²) in [6, 6.07) is 12.3. The number of rotatable bonds is 6. The third-order valence-corrected chi connectivity index (χ3v) is 4.50. The minimum Gasteiger partial charge on any atom is -0.494 e. The van der Waals surface area contributed by atoms with Crippen LogP contribution >= 0.6 is 0 Å². The average molecular weight is 324 g/mol. The smallest absolute Gasteiger partial charge is 0.223 e. The first-order valence-corrected chi connectivity index (χ1v) is 8.69. The second kappa shape index (κ2) is 7.95. The second-order valence-corrected chi connectivity index (χ2v) is 6.11. The molecular formula is C20H24N2O2. The molecule has 1 atom stereocenters. The molecule has 1 aliphatic rings. The number of nitrogens with zero attached hydrogens (tertiary/aromatic N) is 2. The van der Waals surface area contributed by atoms with E-state index in [0.29, 0.717) is 13.0 Å². The number of likely N-dealkylation sites (tertiary alicyclic amines) is 1. The fourth-order valence-electron chi connectivity index (χ4n) is 3.31. The van der Waals surface area contributed by atoms with Crippen LogP contribution in [0.25, 0.3) is 0 Å². The summed E-state index contributed by atoms with van der Waals surface area (Å²) in [7, 11) is 0. The molecule has 24 heavy (non-hydrogen) atoms. The Hall–Kier alpha value is -2.36. The molecule has 1 fully saturated rings. The second-order valence-electron chi connectivity index (χ2n) is 6.11. The summed E-state index contributed by atoms with van der Waals surface area (Å²) in [6.45, 7) is 3.50. The summed E-state index contributed by atoms with van der Waals surface area (Å²) < 4.78 is 5.50. The maximum absolute atomic E-state index is 12.7. The number of hydrogen-bond acceptors (Lipinski definition) is 3. The third kappa shape index (κ3) is 3.94. The van der Waals surface area contributed by atoms with Crippen LogP contribution in [-0.2, 0) is 11.2 Å². The van der Waals surface area contributed by atoms with Crippen LogP contribution in [0.5, 0.6) is 5.75 Å². The van der Waals surface area contributed by atoms with E-state index in [4.69, 9.17) is 4.74 Å². The molecule has 1 aromatic carbocycles. The van der Waals surface area contributed by atoms with Gasteiger partial charge in [-0.1, -0.05) is 18.2 Å². The predicted molar refractivity (Wildman–Crippen MR) is 93.9 cm³/mol. The van der Waals surface area contributed by atoms with E-state index in [0.717, 1.165) is 37.1 Å². The van der Waals surface area contributed by atoms with Gasteiger partial charge in [-0.3, -0.25) is 9.78 Å². The number of pyridine rings is 1. The molecule has 1 aromatic heterocycles. The van der Waals surface area contributed by atoms with Crippen molar-refractivity contribution in [1.29, 1.82) is 0 Å². The molecule has 126 valence electrons. The van der Waals surface area contributed by atoms with Gasteiger partial charge in [0.15, 0.2) is 0 Å². The molecule has 4 nitrogen and oxygen atoms in total. The van der Waals surface area contributed by atoms with Crippen molar-refractivity contribution < 1.29 is 9.53 Å². The Bertz CT molecular complexity index is 655. The Balaban J connectivity index is 1.63. The minimum absolute atomic E-state index is 0.196. The first kappa shape index (κ1) is 16.5. The fraction of sp³-hybridized carbons (Fsp3) is 0.400. The maximum Gasteiger partial charge on any atom is 0.223 e. The molecule has 1 aliphatic heterocycles. The summed E-state index contributed by atoms with van der Waals surface area (Å²) in [5.41, 5.74) is 2.31. The zero-order chi connectivity index (χ0) is 16.8. The van der Waals surface area contributed by atoms with Gasteiger partial charge in [-0.15, -0.1) is 0 Å². The van der Waals surface area contributed by atoms with Crippen molar-refractivity contribution in [2.24, 2.45) is 0 Å². The van der Waals surface area contributed by atoms with E-state index in [2.05, 4.69) is 17.1 Å². The van der Waals surface area contributed by atoms with Crippen LogP contribution < -0.4 is 4.74 Å². The molecule has 1 amide bonds. The summed E-state index contributed by atoms with van der Waals surface area (Å²) >= 11 is 0. The number of carbonyl (C=O) groups excluding carboxylic acids is 1. The van der Waals surface area contributed by atoms with Crippen molar-refractivity contribution in [3.63, 3.8) is 0 Å². The Kier molecular flexibility index (Phi) is 5.47. The molecule has 0 bridgehead atoms. The summed E-state index contributed by atoms with van der Waals surface area (Å²) in [4.78, 5) is 18.8. The predicted octanol–water partition coefficient (Wildman–Crippen LogP) is 3.78. The Labute approximate surface area is 143 Å². The highest BCUT2D eigenvalue weighted by Gasteiger charge is 2.29. The number of amides is 1. The number of benzene rings is 1. The van der Waals surface area contributed by atoms with E-state index < -0.39 is 0 Å². The van der Waals surface area contributed by atoms with Crippen LogP contribution in [-0.4, -0.2) is 28.9 Å². The van der Waals surface area contributed by atoms with Gasteiger partial charge >= 0.3 is 0 Å². The fourth-order valence-corrected chi connectivity index (χ4v) is 3.31. The number of hydrogen-bond donors (Lipinski definition) is 0. The molecule has 2 heterocycles. The van der Waals surface area contributed by atoms with E-state index in [1.165, 1.54) is 5.56 Å². The summed E-state index contributed by atoms with van der Waals surface area (Å²) in [5.74, 6) is 1.11. The largest absolute Gasteiger partial charge is 0.494 e. The van der Waals surface area contributed by atoms with E-state index in [1.807, 2.05) is 42.3 Å². The molecular weight excluding hydrogens is 300 g/mol. The molecule has 0 spiro atoms. The quantitative estimate of drug-likeness (QED) is 0.812. The minimum atomic E-state index is 0.196. The lowest BCUT2D eigenvalue weighted by Crippen LogP contribution is -2.30. The molecule has 1 unspecified atom stereocenters. The van der Waals surface area contributed by atoms with Crippen LogP contribution in [0.1, 0.15) is 43.4 Å². The summed E-state index contributed by atoms with van der Waals surface area (Å²) in [5, 5.41) is 0. The lowest BCUT2D eigenvalue weighted by Gasteiger charge is -2.25. The van der Waals surface area contributed by atoms with Crippen LogP contribution in [0.15, 0.2) is 48.8 Å². The normalized spacial score (nSPS) is 17.0. The molecule has 4 heteroatoms. The molecule has 3 rings (SSSR count). The van der Waals surface area contributed by atoms with Gasteiger partial charge < -0.3 is 9.64 Å². The van der Waals surface area contributed by atoms with Crippen molar-refractivity contribution in [2.45, 2.75) is 38.6 Å². The highest BCUT2D eigenvalue weighted by molar-refractivity contribution is 5.77. The summed E-state index contributed by atoms with van der Waals surface area (Å²) in [6.07, 6.45) is 6.98. The first-order valence-electron chi connectivity index (χ1n) is 8.69. The van der Waals surface area contributed by atoms with Crippen LogP contribution in [0.4, 0.5) is 0 Å².